The number of carbonyl (C=O) groups excluding carboxylic acids is 2. The van der Waals surface area contributed by atoms with Crippen molar-refractivity contribution < 1.29 is 9.59 Å². The van der Waals surface area contributed by atoms with E-state index in [1.165, 1.54) is 12.8 Å². The maximum absolute atomic E-state index is 14.6. The van der Waals surface area contributed by atoms with E-state index in [9.17, 15) is 14.9 Å². The number of nitrogens with zero attached hydrogens (tertiary/aromatic N) is 2. The van der Waals surface area contributed by atoms with Crippen molar-refractivity contribution in [3.05, 3.63) is 23.2 Å². The highest BCUT2D eigenvalue weighted by atomic mass is 16.1. The van der Waals surface area contributed by atoms with E-state index in [1.54, 1.807) is 0 Å². The molecule has 0 N–H and O–H groups in total. The fraction of sp³-hybridized carbons (Fsp3) is 0.824. The standard InChI is InChI=1S/C34H48N2O2/c1-29(2)14-16-34(12-9-10-18-35)17-15-33(7)27(22(34)20-29)24(37)19-26-31(5)21-23(36-8)28(38)30(3,4)25(31)11-13-32(26,33)6/h21-22,25-27H,9-17,19-20H2,1-7H3/t22-,25-,26+,27-,31-,32+,33+,34+/m0/s1. The molecule has 5 aliphatic rings. The van der Waals surface area contributed by atoms with E-state index >= 15 is 0 Å². The van der Waals surface area contributed by atoms with Crippen LogP contribution in [0.25, 0.3) is 4.85 Å². The Balaban J connectivity index is 1.60. The number of Topliss-reactive ketones (excluding diaryl/α,β-unsaturated/α-hetero) is 2. The molecule has 0 bridgehead atoms. The summed E-state index contributed by atoms with van der Waals surface area (Å²) in [5.74, 6) is 1.18. The van der Waals surface area contributed by atoms with Crippen LogP contribution in [0.3, 0.4) is 0 Å². The van der Waals surface area contributed by atoms with Crippen molar-refractivity contribution >= 4 is 11.6 Å². The third-order valence-electron chi connectivity index (χ3n) is 13.6. The van der Waals surface area contributed by atoms with Crippen molar-refractivity contribution in [3.63, 3.8) is 0 Å². The van der Waals surface area contributed by atoms with Gasteiger partial charge < -0.3 is 4.79 Å². The van der Waals surface area contributed by atoms with Gasteiger partial charge in [-0.3, -0.25) is 4.79 Å². The average molecular weight is 517 g/mol. The maximum atomic E-state index is 14.6. The number of rotatable bonds is 3. The largest absolute Gasteiger partial charge is 0.307 e. The van der Waals surface area contributed by atoms with Crippen LogP contribution < -0.4 is 0 Å². The Kier molecular flexibility index (Phi) is 6.20. The number of allylic oxidation sites excluding steroid dienone is 2. The molecule has 4 heteroatoms. The second-order valence-corrected chi connectivity index (χ2v) is 16.0. The third-order valence-corrected chi connectivity index (χ3v) is 13.6. The zero-order chi connectivity index (χ0) is 27.9. The normalized spacial score (nSPS) is 46.8. The molecular weight excluding hydrogens is 468 g/mol. The van der Waals surface area contributed by atoms with Crippen molar-refractivity contribution in [1.29, 1.82) is 5.26 Å². The first-order valence-corrected chi connectivity index (χ1v) is 15.2. The highest BCUT2D eigenvalue weighted by Crippen LogP contribution is 2.76. The van der Waals surface area contributed by atoms with E-state index in [0.29, 0.717) is 24.5 Å². The summed E-state index contributed by atoms with van der Waals surface area (Å²) >= 11 is 0. The van der Waals surface area contributed by atoms with Crippen LogP contribution in [0, 0.1) is 74.1 Å². The van der Waals surface area contributed by atoms with Crippen molar-refractivity contribution in [2.24, 2.45) is 56.2 Å². The molecule has 5 aliphatic carbocycles. The topological polar surface area (TPSA) is 62.3 Å². The number of hydrogen-bond acceptors (Lipinski definition) is 3. The summed E-state index contributed by atoms with van der Waals surface area (Å²) in [6.07, 6.45) is 13.0. The monoisotopic (exact) mass is 516 g/mol. The fourth-order valence-corrected chi connectivity index (χ4v) is 11.3. The van der Waals surface area contributed by atoms with Crippen LogP contribution in [0.5, 0.6) is 0 Å². The second kappa shape index (κ2) is 8.53. The lowest BCUT2D eigenvalue weighted by Crippen LogP contribution is -2.68. The Bertz CT molecular complexity index is 1170. The molecule has 0 unspecified atom stereocenters. The quantitative estimate of drug-likeness (QED) is 0.280. The minimum atomic E-state index is -0.582. The number of nitriles is 1. The van der Waals surface area contributed by atoms with Crippen LogP contribution in [0.1, 0.15) is 119 Å². The van der Waals surface area contributed by atoms with Gasteiger partial charge in [-0.1, -0.05) is 54.5 Å². The molecule has 4 nitrogen and oxygen atoms in total. The molecule has 0 heterocycles. The summed E-state index contributed by atoms with van der Waals surface area (Å²) in [5, 5.41) is 9.27. The SMILES string of the molecule is [C-]#[N+]C1=C[C@]2(C)[C@H]3CC(=O)[C@@H]4[C@@H]5CC(C)(C)CC[C@]5(CCCC#N)CC[C@@]4(C)[C@]3(C)CC[C@H]2C(C)(C)C1=O. The van der Waals surface area contributed by atoms with Gasteiger partial charge in [-0.25, -0.2) is 4.85 Å². The number of fused-ring (bicyclic) bond motifs is 7. The van der Waals surface area contributed by atoms with E-state index in [1.807, 2.05) is 19.9 Å². The average Bonchev–Trinajstić information content (AvgIpc) is 2.83. The molecule has 0 aliphatic heterocycles. The van der Waals surface area contributed by atoms with Gasteiger partial charge >= 0.3 is 0 Å². The van der Waals surface area contributed by atoms with Gasteiger partial charge in [0.15, 0.2) is 5.78 Å². The smallest absolute Gasteiger partial charge is 0.226 e. The highest BCUT2D eigenvalue weighted by Gasteiger charge is 2.71. The summed E-state index contributed by atoms with van der Waals surface area (Å²) in [4.78, 5) is 31.5. The first-order chi connectivity index (χ1) is 17.6. The van der Waals surface area contributed by atoms with E-state index in [-0.39, 0.29) is 56.3 Å². The van der Waals surface area contributed by atoms with Gasteiger partial charge in [0.2, 0.25) is 5.70 Å². The zero-order valence-electron chi connectivity index (χ0n) is 24.9. The number of carbonyl (C=O) groups is 2. The van der Waals surface area contributed by atoms with Gasteiger partial charge in [-0.05, 0) is 103 Å². The molecule has 4 fully saturated rings. The molecule has 206 valence electrons. The molecule has 5 rings (SSSR count). The first kappa shape index (κ1) is 27.6. The van der Waals surface area contributed by atoms with Gasteiger partial charge in [-0.2, -0.15) is 5.26 Å². The Morgan fingerprint density at radius 2 is 1.66 bits per heavy atom. The number of ketones is 2. The van der Waals surface area contributed by atoms with Crippen molar-refractivity contribution in [2.45, 2.75) is 119 Å². The van der Waals surface area contributed by atoms with Crippen LogP contribution >= 0.6 is 0 Å². The Labute approximate surface area is 230 Å². The summed E-state index contributed by atoms with van der Waals surface area (Å²) in [5.41, 5.74) is -0.307. The van der Waals surface area contributed by atoms with Gasteiger partial charge in [0.1, 0.15) is 5.78 Å². The summed E-state index contributed by atoms with van der Waals surface area (Å²) in [6, 6.07) is 2.36. The molecule has 4 saturated carbocycles. The van der Waals surface area contributed by atoms with E-state index in [4.69, 9.17) is 6.57 Å². The second-order valence-electron chi connectivity index (χ2n) is 16.0. The number of unbranched alkanes of at least 4 members (excludes halogenated alkanes) is 1. The fourth-order valence-electron chi connectivity index (χ4n) is 11.3. The Hall–Kier alpha value is -1.94. The van der Waals surface area contributed by atoms with Crippen LogP contribution in [0.2, 0.25) is 0 Å². The van der Waals surface area contributed by atoms with Crippen LogP contribution in [-0.2, 0) is 9.59 Å². The number of hydrogen-bond donors (Lipinski definition) is 0. The lowest BCUT2D eigenvalue weighted by Gasteiger charge is -2.72. The van der Waals surface area contributed by atoms with Gasteiger partial charge in [-0.15, -0.1) is 0 Å². The molecule has 0 spiro atoms. The zero-order valence-corrected chi connectivity index (χ0v) is 24.9. The minimum Gasteiger partial charge on any atom is -0.307 e. The predicted octanol–water partition coefficient (Wildman–Crippen LogP) is 8.33. The molecule has 0 saturated heterocycles. The Morgan fingerprint density at radius 3 is 2.32 bits per heavy atom. The molecule has 0 aromatic carbocycles. The van der Waals surface area contributed by atoms with E-state index in [0.717, 1.165) is 44.9 Å². The van der Waals surface area contributed by atoms with Gasteiger partial charge in [0.25, 0.3) is 0 Å². The van der Waals surface area contributed by atoms with Crippen molar-refractivity contribution in [1.82, 2.24) is 0 Å². The summed E-state index contributed by atoms with van der Waals surface area (Å²) < 4.78 is 0. The van der Waals surface area contributed by atoms with Crippen LogP contribution in [0.15, 0.2) is 11.8 Å². The summed E-state index contributed by atoms with van der Waals surface area (Å²) in [6.45, 7) is 23.8. The molecular formula is C34H48N2O2. The van der Waals surface area contributed by atoms with Crippen LogP contribution in [0.4, 0.5) is 0 Å². The van der Waals surface area contributed by atoms with E-state index in [2.05, 4.69) is 45.5 Å². The summed E-state index contributed by atoms with van der Waals surface area (Å²) in [7, 11) is 0. The maximum Gasteiger partial charge on any atom is 0.226 e. The van der Waals surface area contributed by atoms with Crippen LogP contribution in [-0.4, -0.2) is 11.6 Å². The molecule has 0 amide bonds. The molecule has 0 aromatic rings. The molecule has 0 aromatic heterocycles. The van der Waals surface area contributed by atoms with E-state index < -0.39 is 5.41 Å². The van der Waals surface area contributed by atoms with Crippen molar-refractivity contribution in [3.8, 4) is 6.07 Å². The van der Waals surface area contributed by atoms with Crippen molar-refractivity contribution in [2.75, 3.05) is 0 Å². The Morgan fingerprint density at radius 1 is 0.974 bits per heavy atom. The highest BCUT2D eigenvalue weighted by molar-refractivity contribution is 6.02. The predicted molar refractivity (Wildman–Crippen MR) is 149 cm³/mol. The molecule has 0 radical (unpaired) electrons. The first-order valence-electron chi connectivity index (χ1n) is 15.2. The lowest BCUT2D eigenvalue weighted by atomic mass is 9.31. The molecule has 8 atom stereocenters. The third kappa shape index (κ3) is 3.50. The molecule has 38 heavy (non-hydrogen) atoms. The lowest BCUT2D eigenvalue weighted by molar-refractivity contribution is -0.223. The minimum absolute atomic E-state index is 0.0165. The van der Waals surface area contributed by atoms with Gasteiger partial charge in [0.05, 0.1) is 12.6 Å². The van der Waals surface area contributed by atoms with Gasteiger partial charge in [0, 0.05) is 24.2 Å².